The molecule has 0 atom stereocenters. The summed E-state index contributed by atoms with van der Waals surface area (Å²) in [5.41, 5.74) is -1.49. The van der Waals surface area contributed by atoms with E-state index in [0.29, 0.717) is 0 Å². The molecule has 0 saturated carbocycles. The molecule has 0 aliphatic rings. The van der Waals surface area contributed by atoms with Gasteiger partial charge in [-0.05, 0) is 0 Å². The predicted molar refractivity (Wildman–Crippen MR) is 42.7 cm³/mol. The van der Waals surface area contributed by atoms with Gasteiger partial charge in [-0.25, -0.2) is 8.78 Å². The van der Waals surface area contributed by atoms with Crippen molar-refractivity contribution < 1.29 is 32.3 Å². The second-order valence-electron chi connectivity index (χ2n) is 2.58. The summed E-state index contributed by atoms with van der Waals surface area (Å²) in [6, 6.07) is 0. The van der Waals surface area contributed by atoms with E-state index in [0.717, 1.165) is 7.11 Å². The molecule has 8 heteroatoms. The van der Waals surface area contributed by atoms with Crippen LogP contribution in [-0.4, -0.2) is 24.3 Å². The molecule has 0 aliphatic heterocycles. The van der Waals surface area contributed by atoms with Crippen LogP contribution in [0.25, 0.3) is 0 Å². The molecule has 82 valence electrons. The van der Waals surface area contributed by atoms with E-state index in [1.54, 1.807) is 0 Å². The van der Waals surface area contributed by atoms with Crippen molar-refractivity contribution in [1.29, 1.82) is 0 Å². The van der Waals surface area contributed by atoms with Gasteiger partial charge < -0.3 is 14.8 Å². The van der Waals surface area contributed by atoms with Gasteiger partial charge in [0, 0.05) is 0 Å². The summed E-state index contributed by atoms with van der Waals surface area (Å²) >= 11 is 0. The number of hydrogen-bond acceptors (Lipinski definition) is 3. The number of hydrogen-bond donors (Lipinski definition) is 2. The Labute approximate surface area is 82.1 Å². The van der Waals surface area contributed by atoms with Gasteiger partial charge in [-0.2, -0.15) is 8.78 Å². The van der Waals surface area contributed by atoms with Gasteiger partial charge in [0.2, 0.25) is 11.6 Å². The highest BCUT2D eigenvalue weighted by molar-refractivity contribution is 6.58. The number of rotatable bonds is 2. The number of halogens is 4. The van der Waals surface area contributed by atoms with E-state index in [4.69, 9.17) is 10.0 Å². The maximum absolute atomic E-state index is 13.0. The van der Waals surface area contributed by atoms with Crippen molar-refractivity contribution in [2.45, 2.75) is 0 Å². The zero-order chi connectivity index (χ0) is 11.7. The van der Waals surface area contributed by atoms with Crippen molar-refractivity contribution in [2.75, 3.05) is 7.11 Å². The minimum absolute atomic E-state index is 0.815. The first-order valence-electron chi connectivity index (χ1n) is 3.67. The Morgan fingerprint density at radius 3 is 1.60 bits per heavy atom. The molecule has 0 saturated heterocycles. The van der Waals surface area contributed by atoms with Gasteiger partial charge in [-0.1, -0.05) is 0 Å². The van der Waals surface area contributed by atoms with E-state index in [-0.39, 0.29) is 0 Å². The minimum atomic E-state index is -2.65. The van der Waals surface area contributed by atoms with Crippen molar-refractivity contribution in [3.63, 3.8) is 0 Å². The van der Waals surface area contributed by atoms with Crippen molar-refractivity contribution in [1.82, 2.24) is 0 Å². The lowest BCUT2D eigenvalue weighted by molar-refractivity contribution is 0.332. The Morgan fingerprint density at radius 1 is 0.933 bits per heavy atom. The highest BCUT2D eigenvalue weighted by Crippen LogP contribution is 2.24. The predicted octanol–water partition coefficient (Wildman–Crippen LogP) is -0.0686. The molecule has 0 spiro atoms. The van der Waals surface area contributed by atoms with Crippen LogP contribution in [0.3, 0.4) is 0 Å². The van der Waals surface area contributed by atoms with Gasteiger partial charge in [-0.3, -0.25) is 0 Å². The average Bonchev–Trinajstić information content (AvgIpc) is 2.16. The SMILES string of the molecule is COc1c(F)c(F)c(B(O)O)c(F)c1F. The monoisotopic (exact) mass is 224 g/mol. The van der Waals surface area contributed by atoms with Gasteiger partial charge in [-0.15, -0.1) is 0 Å². The third-order valence-electron chi connectivity index (χ3n) is 1.72. The van der Waals surface area contributed by atoms with Gasteiger partial charge in [0.25, 0.3) is 0 Å². The molecule has 15 heavy (non-hydrogen) atoms. The molecule has 0 aromatic heterocycles. The van der Waals surface area contributed by atoms with E-state index < -0.39 is 41.6 Å². The number of ether oxygens (including phenoxy) is 1. The fourth-order valence-electron chi connectivity index (χ4n) is 1.03. The molecule has 0 radical (unpaired) electrons. The Kier molecular flexibility index (Phi) is 3.20. The summed E-state index contributed by atoms with van der Waals surface area (Å²) in [7, 11) is -1.84. The smallest absolute Gasteiger partial charge is 0.491 e. The summed E-state index contributed by atoms with van der Waals surface area (Å²) in [6.45, 7) is 0. The third kappa shape index (κ3) is 1.77. The third-order valence-corrected chi connectivity index (χ3v) is 1.72. The summed E-state index contributed by atoms with van der Waals surface area (Å²) < 4.78 is 55.9. The first-order chi connectivity index (χ1) is 6.91. The van der Waals surface area contributed by atoms with Gasteiger partial charge >= 0.3 is 7.12 Å². The van der Waals surface area contributed by atoms with Crippen LogP contribution in [0.5, 0.6) is 5.75 Å². The fraction of sp³-hybridized carbons (Fsp3) is 0.143. The maximum atomic E-state index is 13.0. The second-order valence-corrected chi connectivity index (χ2v) is 2.58. The highest BCUT2D eigenvalue weighted by atomic mass is 19.2. The molecule has 0 fully saturated rings. The molecular weight excluding hydrogens is 219 g/mol. The quantitative estimate of drug-likeness (QED) is 0.420. The average molecular weight is 224 g/mol. The van der Waals surface area contributed by atoms with Crippen LogP contribution in [0, 0.1) is 23.3 Å². The maximum Gasteiger partial charge on any atom is 0.494 e. The van der Waals surface area contributed by atoms with Gasteiger partial charge in [0.05, 0.1) is 12.6 Å². The van der Waals surface area contributed by atoms with Gasteiger partial charge in [0.15, 0.2) is 17.4 Å². The summed E-state index contributed by atoms with van der Waals surface area (Å²) in [5.74, 6) is -8.70. The van der Waals surface area contributed by atoms with Crippen LogP contribution in [0.4, 0.5) is 17.6 Å². The fourth-order valence-corrected chi connectivity index (χ4v) is 1.03. The summed E-state index contributed by atoms with van der Waals surface area (Å²) in [4.78, 5) is 0. The Hall–Kier alpha value is -1.28. The summed E-state index contributed by atoms with van der Waals surface area (Å²) in [6.07, 6.45) is 0. The van der Waals surface area contributed by atoms with E-state index in [1.165, 1.54) is 0 Å². The first-order valence-corrected chi connectivity index (χ1v) is 3.67. The number of benzene rings is 1. The Bertz CT molecular complexity index is 367. The molecule has 1 rings (SSSR count). The highest BCUT2D eigenvalue weighted by Gasteiger charge is 2.31. The van der Waals surface area contributed by atoms with Crippen LogP contribution in [-0.2, 0) is 0 Å². The zero-order valence-corrected chi connectivity index (χ0v) is 7.39. The van der Waals surface area contributed by atoms with Crippen LogP contribution >= 0.6 is 0 Å². The lowest BCUT2D eigenvalue weighted by atomic mass is 9.79. The molecule has 0 amide bonds. The van der Waals surface area contributed by atoms with Crippen LogP contribution in [0.15, 0.2) is 0 Å². The lowest BCUT2D eigenvalue weighted by Crippen LogP contribution is -2.37. The van der Waals surface area contributed by atoms with E-state index >= 15 is 0 Å². The Balaban J connectivity index is 3.59. The lowest BCUT2D eigenvalue weighted by Gasteiger charge is -2.09. The molecule has 1 aromatic carbocycles. The molecule has 0 aliphatic carbocycles. The van der Waals surface area contributed by atoms with Crippen molar-refractivity contribution in [3.05, 3.63) is 23.3 Å². The molecule has 1 aromatic rings. The van der Waals surface area contributed by atoms with Crippen molar-refractivity contribution in [2.24, 2.45) is 0 Å². The van der Waals surface area contributed by atoms with E-state index in [9.17, 15) is 17.6 Å². The molecule has 0 heterocycles. The van der Waals surface area contributed by atoms with Gasteiger partial charge in [0.1, 0.15) is 0 Å². The molecule has 0 bridgehead atoms. The topological polar surface area (TPSA) is 49.7 Å². The van der Waals surface area contributed by atoms with E-state index in [1.807, 2.05) is 0 Å². The molecule has 3 nitrogen and oxygen atoms in total. The molecule has 0 unspecified atom stereocenters. The van der Waals surface area contributed by atoms with Crippen molar-refractivity contribution >= 4 is 12.6 Å². The number of methoxy groups -OCH3 is 1. The molecular formula is C7H5BF4O3. The van der Waals surface area contributed by atoms with Crippen molar-refractivity contribution in [3.8, 4) is 5.75 Å². The van der Waals surface area contributed by atoms with E-state index in [2.05, 4.69) is 4.74 Å². The largest absolute Gasteiger partial charge is 0.494 e. The standard InChI is InChI=1S/C7H5BF4O3/c1-15-7-5(11)3(9)2(8(13)14)4(10)6(7)12/h13-14H,1H3. The molecule has 2 N–H and O–H groups in total. The summed E-state index contributed by atoms with van der Waals surface area (Å²) in [5, 5.41) is 17.0. The first kappa shape index (κ1) is 11.8. The second kappa shape index (κ2) is 4.07. The van der Waals surface area contributed by atoms with Crippen LogP contribution in [0.2, 0.25) is 0 Å². The zero-order valence-electron chi connectivity index (χ0n) is 7.39. The van der Waals surface area contributed by atoms with Crippen LogP contribution in [0.1, 0.15) is 0 Å². The minimum Gasteiger partial charge on any atom is -0.491 e. The normalized spacial score (nSPS) is 10.3. The van der Waals surface area contributed by atoms with Crippen LogP contribution < -0.4 is 10.2 Å². The Morgan fingerprint density at radius 2 is 1.33 bits per heavy atom.